The van der Waals surface area contributed by atoms with Crippen LogP contribution in [0, 0.1) is 11.3 Å². The third kappa shape index (κ3) is 2.50. The van der Waals surface area contributed by atoms with Gasteiger partial charge in [-0.25, -0.2) is 0 Å². The van der Waals surface area contributed by atoms with E-state index in [9.17, 15) is 0 Å². The number of nitrogens with zero attached hydrogens (tertiary/aromatic N) is 1. The molecule has 1 saturated carbocycles. The number of nitrogens with one attached hydrogen (secondary N) is 1. The van der Waals surface area contributed by atoms with Crippen LogP contribution in [0.1, 0.15) is 19.8 Å². The van der Waals surface area contributed by atoms with E-state index in [1.807, 2.05) is 6.92 Å². The molecule has 0 heterocycles. The maximum atomic E-state index is 7.21. The molecule has 1 aliphatic carbocycles. The van der Waals surface area contributed by atoms with Gasteiger partial charge in [0.1, 0.15) is 0 Å². The average molecular weight is 155 g/mol. The van der Waals surface area contributed by atoms with E-state index < -0.39 is 0 Å². The van der Waals surface area contributed by atoms with Crippen LogP contribution in [-0.4, -0.2) is 30.4 Å². The minimum atomic E-state index is 0.209. The predicted molar refractivity (Wildman–Crippen MR) is 46.7 cm³/mol. The number of nitrogens with two attached hydrogens (primary N) is 1. The summed E-state index contributed by atoms with van der Waals surface area (Å²) in [6, 6.07) is 0.775. The highest BCUT2D eigenvalue weighted by atomic mass is 15.2. The van der Waals surface area contributed by atoms with Gasteiger partial charge in [0.15, 0.2) is 0 Å². The van der Waals surface area contributed by atoms with E-state index in [0.29, 0.717) is 5.84 Å². The summed E-state index contributed by atoms with van der Waals surface area (Å²) in [5.74, 6) is 0.512. The van der Waals surface area contributed by atoms with Crippen molar-refractivity contribution in [2.24, 2.45) is 11.7 Å². The Balaban J connectivity index is 2.22. The van der Waals surface area contributed by atoms with Gasteiger partial charge in [-0.1, -0.05) is 6.92 Å². The Kier molecular flexibility index (Phi) is 2.49. The molecule has 3 heteroatoms. The third-order valence-corrected chi connectivity index (χ3v) is 2.26. The summed E-state index contributed by atoms with van der Waals surface area (Å²) in [6.07, 6.45) is 2.64. The van der Waals surface area contributed by atoms with Crippen molar-refractivity contribution in [1.29, 1.82) is 5.41 Å². The summed E-state index contributed by atoms with van der Waals surface area (Å²) in [7, 11) is 2.11. The maximum absolute atomic E-state index is 7.21. The lowest BCUT2D eigenvalue weighted by atomic mass is 10.1. The minimum Gasteiger partial charge on any atom is -0.387 e. The maximum Gasteiger partial charge on any atom is 0.0947 e. The van der Waals surface area contributed by atoms with Gasteiger partial charge in [-0.2, -0.15) is 0 Å². The minimum absolute atomic E-state index is 0.209. The van der Waals surface area contributed by atoms with Crippen molar-refractivity contribution in [2.75, 3.05) is 13.6 Å². The molecule has 0 radical (unpaired) electrons. The molecule has 0 aromatic heterocycles. The lowest BCUT2D eigenvalue weighted by molar-refractivity contribution is 0.304. The Hall–Kier alpha value is -0.570. The van der Waals surface area contributed by atoms with Gasteiger partial charge in [-0.05, 0) is 19.9 Å². The SMILES string of the molecule is CC(CN(C)C1CC1)C(=N)N. The van der Waals surface area contributed by atoms with Gasteiger partial charge in [0.25, 0.3) is 0 Å². The zero-order valence-electron chi connectivity index (χ0n) is 7.30. The van der Waals surface area contributed by atoms with Gasteiger partial charge >= 0.3 is 0 Å². The molecule has 3 N–H and O–H groups in total. The van der Waals surface area contributed by atoms with E-state index >= 15 is 0 Å². The summed E-state index contributed by atoms with van der Waals surface area (Å²) in [5.41, 5.74) is 5.36. The van der Waals surface area contributed by atoms with Gasteiger partial charge < -0.3 is 10.6 Å². The second kappa shape index (κ2) is 3.22. The molecular weight excluding hydrogens is 138 g/mol. The van der Waals surface area contributed by atoms with E-state index in [1.54, 1.807) is 0 Å². The molecule has 0 aromatic carbocycles. The fourth-order valence-corrected chi connectivity index (χ4v) is 1.19. The average Bonchev–Trinajstić information content (AvgIpc) is 2.67. The number of hydrogen-bond acceptors (Lipinski definition) is 2. The topological polar surface area (TPSA) is 53.1 Å². The zero-order valence-corrected chi connectivity index (χ0v) is 7.30. The van der Waals surface area contributed by atoms with Gasteiger partial charge in [0.05, 0.1) is 5.84 Å². The summed E-state index contributed by atoms with van der Waals surface area (Å²) in [4.78, 5) is 2.30. The van der Waals surface area contributed by atoms with E-state index in [4.69, 9.17) is 11.1 Å². The lowest BCUT2D eigenvalue weighted by Crippen LogP contribution is -2.33. The molecule has 3 nitrogen and oxygen atoms in total. The number of rotatable bonds is 4. The first-order valence-corrected chi connectivity index (χ1v) is 4.15. The molecule has 1 rings (SSSR count). The van der Waals surface area contributed by atoms with Crippen molar-refractivity contribution in [2.45, 2.75) is 25.8 Å². The summed E-state index contributed by atoms with van der Waals surface area (Å²) in [5, 5.41) is 7.21. The van der Waals surface area contributed by atoms with Gasteiger partial charge in [-0.3, -0.25) is 5.41 Å². The molecule has 11 heavy (non-hydrogen) atoms. The first-order chi connectivity index (χ1) is 5.11. The van der Waals surface area contributed by atoms with E-state index in [2.05, 4.69) is 11.9 Å². The van der Waals surface area contributed by atoms with Gasteiger partial charge in [-0.15, -0.1) is 0 Å². The van der Waals surface area contributed by atoms with Crippen molar-refractivity contribution in [3.8, 4) is 0 Å². The highest BCUT2D eigenvalue weighted by Gasteiger charge is 2.27. The van der Waals surface area contributed by atoms with Crippen LogP contribution in [0.5, 0.6) is 0 Å². The lowest BCUT2D eigenvalue weighted by Gasteiger charge is -2.19. The fraction of sp³-hybridized carbons (Fsp3) is 0.875. The van der Waals surface area contributed by atoms with Crippen LogP contribution in [0.25, 0.3) is 0 Å². The van der Waals surface area contributed by atoms with E-state index in [0.717, 1.165) is 12.6 Å². The quantitative estimate of drug-likeness (QED) is 0.462. The van der Waals surface area contributed by atoms with E-state index in [-0.39, 0.29) is 5.92 Å². The molecule has 0 saturated heterocycles. The molecule has 1 unspecified atom stereocenters. The molecular formula is C8H17N3. The van der Waals surface area contributed by atoms with Crippen LogP contribution in [-0.2, 0) is 0 Å². The van der Waals surface area contributed by atoms with Crippen LogP contribution in [0.3, 0.4) is 0 Å². The largest absolute Gasteiger partial charge is 0.387 e. The van der Waals surface area contributed by atoms with E-state index in [1.165, 1.54) is 12.8 Å². The monoisotopic (exact) mass is 155 g/mol. The van der Waals surface area contributed by atoms with Gasteiger partial charge in [0, 0.05) is 18.5 Å². The molecule has 0 aliphatic heterocycles. The highest BCUT2D eigenvalue weighted by molar-refractivity contribution is 5.79. The molecule has 0 amide bonds. The van der Waals surface area contributed by atoms with Crippen LogP contribution in [0.4, 0.5) is 0 Å². The van der Waals surface area contributed by atoms with Crippen molar-refractivity contribution < 1.29 is 0 Å². The Morgan fingerprint density at radius 2 is 2.27 bits per heavy atom. The van der Waals surface area contributed by atoms with Crippen molar-refractivity contribution in [3.05, 3.63) is 0 Å². The standard InChI is InChI=1S/C8H17N3/c1-6(8(9)10)5-11(2)7-3-4-7/h6-7H,3-5H2,1-2H3,(H3,9,10). The second-order valence-electron chi connectivity index (χ2n) is 3.53. The summed E-state index contributed by atoms with van der Waals surface area (Å²) >= 11 is 0. The molecule has 0 bridgehead atoms. The van der Waals surface area contributed by atoms with Crippen LogP contribution >= 0.6 is 0 Å². The smallest absolute Gasteiger partial charge is 0.0947 e. The van der Waals surface area contributed by atoms with Gasteiger partial charge in [0.2, 0.25) is 0 Å². The predicted octanol–water partition coefficient (Wildman–Crippen LogP) is 0.653. The number of hydrogen-bond donors (Lipinski definition) is 2. The van der Waals surface area contributed by atoms with Crippen molar-refractivity contribution >= 4 is 5.84 Å². The van der Waals surface area contributed by atoms with Crippen LogP contribution in [0.2, 0.25) is 0 Å². The Morgan fingerprint density at radius 1 is 1.73 bits per heavy atom. The molecule has 0 aromatic rings. The molecule has 1 atom stereocenters. The number of amidine groups is 1. The van der Waals surface area contributed by atoms with Crippen LogP contribution in [0.15, 0.2) is 0 Å². The fourth-order valence-electron chi connectivity index (χ4n) is 1.19. The molecule has 0 spiro atoms. The molecule has 1 aliphatic rings. The zero-order chi connectivity index (χ0) is 8.43. The normalized spacial score (nSPS) is 20.3. The second-order valence-corrected chi connectivity index (χ2v) is 3.53. The van der Waals surface area contributed by atoms with Crippen LogP contribution < -0.4 is 5.73 Å². The molecule has 64 valence electrons. The Bertz CT molecular complexity index is 151. The summed E-state index contributed by atoms with van der Waals surface area (Å²) in [6.45, 7) is 2.93. The highest BCUT2D eigenvalue weighted by Crippen LogP contribution is 2.25. The van der Waals surface area contributed by atoms with Crippen molar-refractivity contribution in [3.63, 3.8) is 0 Å². The Morgan fingerprint density at radius 3 is 2.64 bits per heavy atom. The molecule has 1 fully saturated rings. The summed E-state index contributed by atoms with van der Waals surface area (Å²) < 4.78 is 0. The first kappa shape index (κ1) is 8.53. The van der Waals surface area contributed by atoms with Crippen molar-refractivity contribution in [1.82, 2.24) is 4.90 Å². The third-order valence-electron chi connectivity index (χ3n) is 2.26. The first-order valence-electron chi connectivity index (χ1n) is 4.15. The Labute approximate surface area is 68.1 Å².